The van der Waals surface area contributed by atoms with Gasteiger partial charge in [0.25, 0.3) is 0 Å². The van der Waals surface area contributed by atoms with Crippen LogP contribution in [-0.4, -0.2) is 32.4 Å². The van der Waals surface area contributed by atoms with Gasteiger partial charge in [-0.25, -0.2) is 4.98 Å². The van der Waals surface area contributed by atoms with E-state index in [9.17, 15) is 5.11 Å². The molecule has 1 aliphatic rings. The van der Waals surface area contributed by atoms with Crippen molar-refractivity contribution in [2.75, 3.05) is 6.54 Å². The molecule has 154 valence electrons. The van der Waals surface area contributed by atoms with E-state index in [2.05, 4.69) is 9.97 Å². The van der Waals surface area contributed by atoms with Gasteiger partial charge in [-0.3, -0.25) is 5.41 Å². The highest BCUT2D eigenvalue weighted by Gasteiger charge is 2.39. The molecule has 0 saturated heterocycles. The third-order valence-corrected chi connectivity index (χ3v) is 5.90. The summed E-state index contributed by atoms with van der Waals surface area (Å²) in [5, 5.41) is 20.9. The van der Waals surface area contributed by atoms with Crippen LogP contribution in [0.1, 0.15) is 23.0 Å². The summed E-state index contributed by atoms with van der Waals surface area (Å²) in [6, 6.07) is 24.8. The topological polar surface area (TPSA) is 76.0 Å². The van der Waals surface area contributed by atoms with Crippen LogP contribution in [0.3, 0.4) is 0 Å². The van der Waals surface area contributed by atoms with Crippen molar-refractivity contribution in [3.8, 4) is 0 Å². The fraction of sp³-hybridized carbons (Fsp3) is 0.120. The van der Waals surface area contributed by atoms with Gasteiger partial charge < -0.3 is 15.0 Å². The second-order valence-corrected chi connectivity index (χ2v) is 8.03. The van der Waals surface area contributed by atoms with Gasteiger partial charge in [0.15, 0.2) is 0 Å². The van der Waals surface area contributed by atoms with Crippen LogP contribution in [0.15, 0.2) is 84.6 Å². The van der Waals surface area contributed by atoms with Gasteiger partial charge in [-0.05, 0) is 41.8 Å². The minimum Gasteiger partial charge on any atom is -0.509 e. The van der Waals surface area contributed by atoms with Crippen LogP contribution in [0.25, 0.3) is 16.6 Å². The fourth-order valence-corrected chi connectivity index (χ4v) is 4.22. The number of amidine groups is 1. The highest BCUT2D eigenvalue weighted by Crippen LogP contribution is 2.40. The average Bonchev–Trinajstić information content (AvgIpc) is 3.31. The fourth-order valence-electron chi connectivity index (χ4n) is 4.10. The van der Waals surface area contributed by atoms with E-state index in [1.54, 1.807) is 0 Å². The highest BCUT2D eigenvalue weighted by atomic mass is 35.5. The summed E-state index contributed by atoms with van der Waals surface area (Å²) < 4.78 is 0. The van der Waals surface area contributed by atoms with E-state index in [4.69, 9.17) is 17.0 Å². The van der Waals surface area contributed by atoms with Crippen molar-refractivity contribution in [2.45, 2.75) is 12.5 Å². The highest BCUT2D eigenvalue weighted by molar-refractivity contribution is 6.30. The van der Waals surface area contributed by atoms with Crippen molar-refractivity contribution < 1.29 is 5.11 Å². The molecule has 3 N–H and O–H groups in total. The lowest BCUT2D eigenvalue weighted by Gasteiger charge is -2.27. The average molecular weight is 429 g/mol. The van der Waals surface area contributed by atoms with Crippen LogP contribution in [0.5, 0.6) is 0 Å². The first-order valence-electron chi connectivity index (χ1n) is 10.1. The minimum absolute atomic E-state index is 0.145. The minimum atomic E-state index is -0.427. The van der Waals surface area contributed by atoms with E-state index in [-0.39, 0.29) is 11.6 Å². The molecular formula is C25H21ClN4O. The van der Waals surface area contributed by atoms with Crippen LogP contribution in [0.4, 0.5) is 0 Å². The first-order valence-corrected chi connectivity index (χ1v) is 10.5. The van der Waals surface area contributed by atoms with Crippen LogP contribution < -0.4 is 0 Å². The molecule has 2 heterocycles. The van der Waals surface area contributed by atoms with Crippen LogP contribution >= 0.6 is 11.6 Å². The number of hydrogen-bond acceptors (Lipinski definition) is 3. The van der Waals surface area contributed by atoms with E-state index >= 15 is 0 Å². The zero-order valence-corrected chi connectivity index (χ0v) is 17.5. The maximum Gasteiger partial charge on any atom is 0.145 e. The molecule has 0 bridgehead atoms. The summed E-state index contributed by atoms with van der Waals surface area (Å²) in [4.78, 5) is 9.82. The lowest BCUT2D eigenvalue weighted by atomic mass is 10.0. The Balaban J connectivity index is 1.52. The molecule has 5 rings (SSSR count). The number of hydrogen-bond donors (Lipinski definition) is 3. The van der Waals surface area contributed by atoms with Crippen molar-refractivity contribution in [1.82, 2.24) is 14.9 Å². The SMILES string of the molecule is N=C1C(c2nc3ccccc3[nH]2)=C(O)C(c2ccccc2)N1CCc1ccc(Cl)cc1. The molecule has 1 aliphatic heterocycles. The summed E-state index contributed by atoms with van der Waals surface area (Å²) in [5.74, 6) is 0.921. The predicted octanol–water partition coefficient (Wildman–Crippen LogP) is 5.76. The standard InChI is InChI=1S/C25H21ClN4O/c26-18-12-10-16(11-13-18)14-15-30-22(17-6-2-1-3-7-17)23(31)21(24(30)27)25-28-19-8-4-5-9-20(19)29-25/h1-13,22,27,31H,14-15H2,(H,28,29). The van der Waals surface area contributed by atoms with E-state index in [1.807, 2.05) is 83.8 Å². The number of aromatic amines is 1. The molecule has 31 heavy (non-hydrogen) atoms. The number of para-hydroxylation sites is 2. The molecule has 1 atom stereocenters. The third-order valence-electron chi connectivity index (χ3n) is 5.65. The Kier molecular flexibility index (Phi) is 4.96. The second-order valence-electron chi connectivity index (χ2n) is 7.59. The molecule has 0 amide bonds. The zero-order chi connectivity index (χ0) is 21.4. The van der Waals surface area contributed by atoms with Crippen molar-refractivity contribution in [3.05, 3.63) is 107 Å². The lowest BCUT2D eigenvalue weighted by molar-refractivity contribution is 0.276. The Labute approximate surface area is 185 Å². The van der Waals surface area contributed by atoms with Crippen LogP contribution in [-0.2, 0) is 6.42 Å². The Morgan fingerprint density at radius 1 is 0.968 bits per heavy atom. The summed E-state index contributed by atoms with van der Waals surface area (Å²) in [5.41, 5.74) is 4.19. The molecule has 1 aromatic heterocycles. The van der Waals surface area contributed by atoms with Gasteiger partial charge in [-0.1, -0.05) is 66.2 Å². The van der Waals surface area contributed by atoms with Gasteiger partial charge in [0.1, 0.15) is 23.5 Å². The summed E-state index contributed by atoms with van der Waals surface area (Å²) in [7, 11) is 0. The van der Waals surface area contributed by atoms with Gasteiger partial charge in [0, 0.05) is 11.6 Å². The Bertz CT molecular complexity index is 1240. The molecule has 0 fully saturated rings. The molecule has 1 unspecified atom stereocenters. The molecule has 0 saturated carbocycles. The zero-order valence-electron chi connectivity index (χ0n) is 16.7. The molecule has 5 nitrogen and oxygen atoms in total. The van der Waals surface area contributed by atoms with E-state index in [0.29, 0.717) is 23.0 Å². The molecule has 0 spiro atoms. The quantitative estimate of drug-likeness (QED) is 0.378. The van der Waals surface area contributed by atoms with Crippen molar-refractivity contribution in [2.24, 2.45) is 0 Å². The van der Waals surface area contributed by atoms with Crippen molar-refractivity contribution >= 4 is 34.0 Å². The smallest absolute Gasteiger partial charge is 0.145 e. The van der Waals surface area contributed by atoms with Crippen LogP contribution in [0, 0.1) is 5.41 Å². The first kappa shape index (κ1) is 19.4. The monoisotopic (exact) mass is 428 g/mol. The van der Waals surface area contributed by atoms with E-state index < -0.39 is 6.04 Å². The molecule has 0 aliphatic carbocycles. The summed E-state index contributed by atoms with van der Waals surface area (Å²) in [6.45, 7) is 0.577. The second kappa shape index (κ2) is 7.93. The Hall–Kier alpha value is -3.57. The summed E-state index contributed by atoms with van der Waals surface area (Å²) >= 11 is 6.01. The number of aromatic nitrogens is 2. The number of rotatable bonds is 5. The predicted molar refractivity (Wildman–Crippen MR) is 124 cm³/mol. The maximum absolute atomic E-state index is 11.3. The van der Waals surface area contributed by atoms with Gasteiger partial charge in [0.2, 0.25) is 0 Å². The molecular weight excluding hydrogens is 408 g/mol. The molecule has 6 heteroatoms. The third kappa shape index (κ3) is 3.57. The Morgan fingerprint density at radius 3 is 2.42 bits per heavy atom. The number of imidazole rings is 1. The van der Waals surface area contributed by atoms with E-state index in [1.165, 1.54) is 0 Å². The molecule has 0 radical (unpaired) electrons. The maximum atomic E-state index is 11.3. The number of aliphatic hydroxyl groups is 1. The first-order chi connectivity index (χ1) is 15.1. The van der Waals surface area contributed by atoms with Crippen molar-refractivity contribution in [3.63, 3.8) is 0 Å². The Morgan fingerprint density at radius 2 is 1.68 bits per heavy atom. The summed E-state index contributed by atoms with van der Waals surface area (Å²) in [6.07, 6.45) is 0.726. The van der Waals surface area contributed by atoms with Crippen LogP contribution in [0.2, 0.25) is 5.02 Å². The number of aliphatic hydroxyl groups excluding tert-OH is 1. The van der Waals surface area contributed by atoms with Gasteiger partial charge in [-0.15, -0.1) is 0 Å². The number of halogens is 1. The number of nitrogens with zero attached hydrogens (tertiary/aromatic N) is 2. The normalized spacial score (nSPS) is 16.5. The van der Waals surface area contributed by atoms with Crippen molar-refractivity contribution in [1.29, 1.82) is 5.41 Å². The number of benzene rings is 3. The number of fused-ring (bicyclic) bond motifs is 1. The largest absolute Gasteiger partial charge is 0.509 e. The van der Waals surface area contributed by atoms with Gasteiger partial charge >= 0.3 is 0 Å². The number of nitrogens with one attached hydrogen (secondary N) is 2. The number of H-pyrrole nitrogens is 1. The van der Waals surface area contributed by atoms with E-state index in [0.717, 1.165) is 28.6 Å². The lowest BCUT2D eigenvalue weighted by Crippen LogP contribution is -2.32. The molecule has 4 aromatic rings. The van der Waals surface area contributed by atoms with Gasteiger partial charge in [-0.2, -0.15) is 0 Å². The molecule has 3 aromatic carbocycles. The van der Waals surface area contributed by atoms with Gasteiger partial charge in [0.05, 0.1) is 16.6 Å².